The van der Waals surface area contributed by atoms with Gasteiger partial charge in [-0.1, -0.05) is 41.5 Å². The van der Waals surface area contributed by atoms with E-state index in [4.69, 9.17) is 8.85 Å². The molecule has 1 unspecified atom stereocenters. The monoisotopic (exact) mass is 401 g/mol. The van der Waals surface area contributed by atoms with Gasteiger partial charge in [0.25, 0.3) is 0 Å². The molecule has 0 aliphatic carbocycles. The minimum atomic E-state index is -1.79. The Balaban J connectivity index is 2.64. The average molecular weight is 402 g/mol. The zero-order valence-electron chi connectivity index (χ0n) is 19.0. The largest absolute Gasteiger partial charge is 0.416 e. The van der Waals surface area contributed by atoms with Crippen molar-refractivity contribution in [3.63, 3.8) is 0 Å². The van der Waals surface area contributed by atoms with Crippen LogP contribution in [0.3, 0.4) is 0 Å². The van der Waals surface area contributed by atoms with Crippen LogP contribution in [0.15, 0.2) is 0 Å². The van der Waals surface area contributed by atoms with Crippen molar-refractivity contribution in [1.82, 2.24) is 4.90 Å². The molecule has 1 saturated heterocycles. The Bertz CT molecular complexity index is 478. The lowest BCUT2D eigenvalue weighted by atomic mass is 10.0. The first-order valence-electron chi connectivity index (χ1n) is 10.1. The van der Waals surface area contributed by atoms with Gasteiger partial charge in [-0.25, -0.2) is 0 Å². The van der Waals surface area contributed by atoms with Crippen LogP contribution in [0.25, 0.3) is 0 Å². The first-order valence-corrected chi connectivity index (χ1v) is 15.9. The number of rotatable bonds is 7. The van der Waals surface area contributed by atoms with Crippen LogP contribution in [-0.2, 0) is 13.6 Å². The molecule has 0 aromatic carbocycles. The van der Waals surface area contributed by atoms with E-state index >= 15 is 0 Å². The van der Waals surface area contributed by atoms with Gasteiger partial charge in [0.1, 0.15) is 5.78 Å². The van der Waals surface area contributed by atoms with Gasteiger partial charge < -0.3 is 8.85 Å². The number of likely N-dealkylation sites (tertiary alicyclic amines) is 1. The summed E-state index contributed by atoms with van der Waals surface area (Å²) in [6.07, 6.45) is 1.28. The van der Waals surface area contributed by atoms with Gasteiger partial charge in [-0.3, -0.25) is 9.69 Å². The third-order valence-corrected chi connectivity index (χ3v) is 15.8. The molecule has 0 bridgehead atoms. The molecule has 0 radical (unpaired) electrons. The highest BCUT2D eigenvalue weighted by Crippen LogP contribution is 2.37. The van der Waals surface area contributed by atoms with E-state index in [2.05, 4.69) is 72.6 Å². The summed E-state index contributed by atoms with van der Waals surface area (Å²) >= 11 is 0. The molecule has 1 aliphatic heterocycles. The Morgan fingerprint density at radius 1 is 0.962 bits per heavy atom. The van der Waals surface area contributed by atoms with Gasteiger partial charge in [-0.2, -0.15) is 0 Å². The molecular weight excluding hydrogens is 358 g/mol. The van der Waals surface area contributed by atoms with Gasteiger partial charge >= 0.3 is 0 Å². The van der Waals surface area contributed by atoms with Gasteiger partial charge in [0.15, 0.2) is 16.6 Å². The maximum Gasteiger partial charge on any atom is 0.192 e. The van der Waals surface area contributed by atoms with Gasteiger partial charge in [0.2, 0.25) is 0 Å². The van der Waals surface area contributed by atoms with Crippen LogP contribution in [0.4, 0.5) is 0 Å². The van der Waals surface area contributed by atoms with Crippen LogP contribution >= 0.6 is 0 Å². The molecule has 1 rings (SSSR count). The van der Waals surface area contributed by atoms with E-state index in [1.165, 1.54) is 0 Å². The molecule has 0 spiro atoms. The van der Waals surface area contributed by atoms with E-state index in [0.717, 1.165) is 19.7 Å². The fourth-order valence-corrected chi connectivity index (χ4v) is 4.64. The molecule has 1 atom stereocenters. The van der Waals surface area contributed by atoms with E-state index in [1.54, 1.807) is 0 Å². The lowest BCUT2D eigenvalue weighted by molar-refractivity contribution is -0.124. The number of Topliss-reactive ketones (excluding diaryl/α,β-unsaturated/α-hetero) is 1. The molecule has 0 saturated carbocycles. The maximum absolute atomic E-state index is 12.0. The van der Waals surface area contributed by atoms with Crippen molar-refractivity contribution in [3.05, 3.63) is 0 Å². The van der Waals surface area contributed by atoms with Crippen molar-refractivity contribution >= 4 is 22.4 Å². The Morgan fingerprint density at radius 2 is 1.46 bits per heavy atom. The number of nitrogens with zero attached hydrogens (tertiary/aromatic N) is 1. The highest BCUT2D eigenvalue weighted by molar-refractivity contribution is 6.74. The first kappa shape index (κ1) is 24.0. The standard InChI is InChI=1S/C20H43NO3Si2/c1-19(2,3)25(7,8)23-14-13-21-12-11-18(22)15-17(21)16-24-26(9,10)20(4,5)6/h17H,11-16H2,1-10H3. The molecule has 154 valence electrons. The molecule has 0 aromatic rings. The second kappa shape index (κ2) is 8.56. The molecule has 1 heterocycles. The van der Waals surface area contributed by atoms with Crippen LogP contribution in [0, 0.1) is 0 Å². The number of hydrogen-bond donors (Lipinski definition) is 0. The summed E-state index contributed by atoms with van der Waals surface area (Å²) in [4.78, 5) is 14.4. The van der Waals surface area contributed by atoms with Gasteiger partial charge in [0, 0.05) is 45.2 Å². The van der Waals surface area contributed by atoms with E-state index in [-0.39, 0.29) is 16.1 Å². The van der Waals surface area contributed by atoms with Crippen LogP contribution in [0.5, 0.6) is 0 Å². The first-order chi connectivity index (χ1) is 11.6. The van der Waals surface area contributed by atoms with Gasteiger partial charge in [0.05, 0.1) is 0 Å². The fraction of sp³-hybridized carbons (Fsp3) is 0.950. The topological polar surface area (TPSA) is 38.8 Å². The van der Waals surface area contributed by atoms with E-state index in [0.29, 0.717) is 25.2 Å². The van der Waals surface area contributed by atoms with Crippen molar-refractivity contribution in [3.8, 4) is 0 Å². The summed E-state index contributed by atoms with van der Waals surface area (Å²) in [5.74, 6) is 0.371. The summed E-state index contributed by atoms with van der Waals surface area (Å²) in [5, 5.41) is 0.428. The fourth-order valence-electron chi connectivity index (χ4n) is 2.56. The predicted octanol–water partition coefficient (Wildman–Crippen LogP) is 5.06. The zero-order chi connectivity index (χ0) is 20.4. The molecular formula is C20H43NO3Si2. The number of hydrogen-bond acceptors (Lipinski definition) is 4. The average Bonchev–Trinajstić information content (AvgIpc) is 2.44. The third-order valence-electron chi connectivity index (χ3n) is 6.75. The van der Waals surface area contributed by atoms with Gasteiger partial charge in [-0.05, 0) is 36.3 Å². The Hall–Kier alpha value is -0.0162. The molecule has 0 amide bonds. The van der Waals surface area contributed by atoms with E-state index in [1.807, 2.05) is 0 Å². The molecule has 1 aliphatic rings. The third kappa shape index (κ3) is 6.55. The Morgan fingerprint density at radius 3 is 1.96 bits per heavy atom. The maximum atomic E-state index is 12.0. The summed E-state index contributed by atoms with van der Waals surface area (Å²) < 4.78 is 12.8. The molecule has 26 heavy (non-hydrogen) atoms. The van der Waals surface area contributed by atoms with Crippen LogP contribution < -0.4 is 0 Å². The Labute approximate surface area is 164 Å². The van der Waals surface area contributed by atoms with Crippen molar-refractivity contribution < 1.29 is 13.6 Å². The van der Waals surface area contributed by atoms with E-state index in [9.17, 15) is 4.79 Å². The lowest BCUT2D eigenvalue weighted by Crippen LogP contribution is -2.51. The smallest absolute Gasteiger partial charge is 0.192 e. The van der Waals surface area contributed by atoms with Crippen molar-refractivity contribution in [1.29, 1.82) is 0 Å². The molecule has 6 heteroatoms. The normalized spacial score (nSPS) is 21.3. The molecule has 1 fully saturated rings. The van der Waals surface area contributed by atoms with E-state index < -0.39 is 16.6 Å². The zero-order valence-corrected chi connectivity index (χ0v) is 21.0. The predicted molar refractivity (Wildman–Crippen MR) is 116 cm³/mol. The highest BCUT2D eigenvalue weighted by Gasteiger charge is 2.39. The summed E-state index contributed by atoms with van der Waals surface area (Å²) in [5.41, 5.74) is 0. The molecule has 4 nitrogen and oxygen atoms in total. The summed E-state index contributed by atoms with van der Waals surface area (Å²) in [7, 11) is -3.51. The van der Waals surface area contributed by atoms with Crippen LogP contribution in [-0.4, -0.2) is 59.7 Å². The number of carbonyl (C=O) groups is 1. The minimum Gasteiger partial charge on any atom is -0.416 e. The van der Waals surface area contributed by atoms with Crippen molar-refractivity contribution in [2.45, 2.75) is 96.7 Å². The summed E-state index contributed by atoms with van der Waals surface area (Å²) in [6.45, 7) is 25.9. The second-order valence-corrected chi connectivity index (χ2v) is 20.5. The quantitative estimate of drug-likeness (QED) is 0.559. The SMILES string of the molecule is CC(C)(C)[Si](C)(C)OCCN1CCC(=O)CC1CO[Si](C)(C)C(C)(C)C. The number of carbonyl (C=O) groups excluding carboxylic acids is 1. The minimum absolute atomic E-state index is 0.196. The van der Waals surface area contributed by atoms with Crippen LogP contribution in [0.1, 0.15) is 54.4 Å². The van der Waals surface area contributed by atoms with Gasteiger partial charge in [-0.15, -0.1) is 0 Å². The lowest BCUT2D eigenvalue weighted by Gasteiger charge is -2.41. The number of ketones is 1. The Kier molecular flexibility index (Phi) is 7.91. The second-order valence-electron chi connectivity index (χ2n) is 10.9. The highest BCUT2D eigenvalue weighted by atomic mass is 28.4. The summed E-state index contributed by atoms with van der Waals surface area (Å²) in [6, 6.07) is 0.202. The molecule has 0 aromatic heterocycles. The number of piperidine rings is 1. The molecule has 0 N–H and O–H groups in total. The van der Waals surface area contributed by atoms with Crippen LogP contribution in [0.2, 0.25) is 36.3 Å². The van der Waals surface area contributed by atoms with Crippen molar-refractivity contribution in [2.24, 2.45) is 0 Å². The van der Waals surface area contributed by atoms with Crippen molar-refractivity contribution in [2.75, 3.05) is 26.3 Å².